The van der Waals surface area contributed by atoms with Crippen LogP contribution in [-0.2, 0) is 4.79 Å². The molecule has 5 nitrogen and oxygen atoms in total. The van der Waals surface area contributed by atoms with E-state index in [4.69, 9.17) is 0 Å². The van der Waals surface area contributed by atoms with Gasteiger partial charge < -0.3 is 14.9 Å². The lowest BCUT2D eigenvalue weighted by Gasteiger charge is -2.37. The lowest BCUT2D eigenvalue weighted by molar-refractivity contribution is -0.139. The van der Waals surface area contributed by atoms with Gasteiger partial charge in [-0.15, -0.1) is 0 Å². The summed E-state index contributed by atoms with van der Waals surface area (Å²) in [6, 6.07) is 4.56. The number of ketones is 1. The summed E-state index contributed by atoms with van der Waals surface area (Å²) in [5.74, 6) is -1.14. The number of Topliss-reactive ketones (excluding diaryl/α,β-unsaturated/α-hetero) is 1. The van der Waals surface area contributed by atoms with Gasteiger partial charge in [-0.1, -0.05) is 6.07 Å². The summed E-state index contributed by atoms with van der Waals surface area (Å²) in [5.41, 5.74) is 0.652. The Hall–Kier alpha value is -1.95. The van der Waals surface area contributed by atoms with Gasteiger partial charge in [0.2, 0.25) is 0 Å². The Morgan fingerprint density at radius 3 is 2.38 bits per heavy atom. The fraction of sp³-hybridized carbons (Fsp3) is 0.467. The Morgan fingerprint density at radius 1 is 1.24 bits per heavy atom. The van der Waals surface area contributed by atoms with Crippen molar-refractivity contribution in [3.8, 4) is 0 Å². The lowest BCUT2D eigenvalue weighted by Crippen LogP contribution is -2.51. The molecular formula is C15H19FN2O3. The van der Waals surface area contributed by atoms with Gasteiger partial charge in [0.15, 0.2) is 5.78 Å². The van der Waals surface area contributed by atoms with Crippen LogP contribution in [0.2, 0.25) is 0 Å². The lowest BCUT2D eigenvalue weighted by atomic mass is 10.1. The van der Waals surface area contributed by atoms with Crippen molar-refractivity contribution in [1.29, 1.82) is 0 Å². The first-order valence-electron chi connectivity index (χ1n) is 6.93. The molecule has 1 fully saturated rings. The molecule has 6 heteroatoms. The second-order valence-corrected chi connectivity index (χ2v) is 5.18. The third-order valence-corrected chi connectivity index (χ3v) is 3.63. The Kier molecular flexibility index (Phi) is 4.57. The smallest absolute Gasteiger partial charge is 0.251 e. The molecule has 1 saturated heterocycles. The van der Waals surface area contributed by atoms with Crippen LogP contribution >= 0.6 is 0 Å². The van der Waals surface area contributed by atoms with Crippen LogP contribution in [0.1, 0.15) is 24.2 Å². The molecule has 0 bridgehead atoms. The Morgan fingerprint density at radius 2 is 1.86 bits per heavy atom. The number of amides is 1. The number of benzene rings is 1. The maximum Gasteiger partial charge on any atom is 0.251 e. The molecule has 1 aliphatic rings. The molecule has 0 saturated carbocycles. The number of aliphatic hydroxyl groups excluding tert-OH is 1. The summed E-state index contributed by atoms with van der Waals surface area (Å²) in [5, 5.41) is 9.31. The van der Waals surface area contributed by atoms with Gasteiger partial charge in [0.05, 0.1) is 11.3 Å². The third kappa shape index (κ3) is 3.21. The molecule has 21 heavy (non-hydrogen) atoms. The number of hydrogen-bond acceptors (Lipinski definition) is 4. The molecule has 0 aliphatic carbocycles. The monoisotopic (exact) mass is 294 g/mol. The summed E-state index contributed by atoms with van der Waals surface area (Å²) in [4.78, 5) is 26.8. The van der Waals surface area contributed by atoms with Crippen LogP contribution in [0.25, 0.3) is 0 Å². The standard InChI is InChI=1S/C15H19FN2O3/c1-10(19)14-12(16)4-3-5-13(14)17-6-8-18(9-7-17)15(21)11(2)20/h3-5,11,20H,6-9H2,1-2H3/t11-/m0/s1. The summed E-state index contributed by atoms with van der Waals surface area (Å²) in [6.07, 6.45) is -1.02. The number of halogens is 1. The number of hydrogen-bond donors (Lipinski definition) is 1. The summed E-state index contributed by atoms with van der Waals surface area (Å²) >= 11 is 0. The number of anilines is 1. The van der Waals surface area contributed by atoms with Crippen LogP contribution in [0.15, 0.2) is 18.2 Å². The zero-order valence-electron chi connectivity index (χ0n) is 12.2. The van der Waals surface area contributed by atoms with Crippen molar-refractivity contribution in [2.24, 2.45) is 0 Å². The highest BCUT2D eigenvalue weighted by Gasteiger charge is 2.26. The molecule has 0 spiro atoms. The predicted octanol–water partition coefficient (Wildman–Crippen LogP) is 1.06. The minimum atomic E-state index is -1.02. The summed E-state index contributed by atoms with van der Waals surface area (Å²) < 4.78 is 13.8. The first kappa shape index (κ1) is 15.4. The van der Waals surface area contributed by atoms with Crippen LogP contribution < -0.4 is 4.90 Å². The number of aliphatic hydroxyl groups is 1. The van der Waals surface area contributed by atoms with Crippen molar-refractivity contribution in [3.05, 3.63) is 29.6 Å². The Labute approximate surface area is 123 Å². The van der Waals surface area contributed by atoms with Crippen LogP contribution in [0.5, 0.6) is 0 Å². The highest BCUT2D eigenvalue weighted by Crippen LogP contribution is 2.25. The van der Waals surface area contributed by atoms with Gasteiger partial charge in [-0.2, -0.15) is 0 Å². The van der Waals surface area contributed by atoms with Gasteiger partial charge in [0.25, 0.3) is 5.91 Å². The van der Waals surface area contributed by atoms with Gasteiger partial charge in [0.1, 0.15) is 11.9 Å². The molecule has 1 aromatic carbocycles. The van der Waals surface area contributed by atoms with E-state index in [2.05, 4.69) is 0 Å². The van der Waals surface area contributed by atoms with E-state index in [1.54, 1.807) is 17.0 Å². The van der Waals surface area contributed by atoms with E-state index in [1.165, 1.54) is 19.9 Å². The highest BCUT2D eigenvalue weighted by molar-refractivity contribution is 6.00. The van der Waals surface area contributed by atoms with Crippen molar-refractivity contribution >= 4 is 17.4 Å². The van der Waals surface area contributed by atoms with E-state index < -0.39 is 11.9 Å². The van der Waals surface area contributed by atoms with Crippen molar-refractivity contribution in [3.63, 3.8) is 0 Å². The van der Waals surface area contributed by atoms with Crippen LogP contribution in [0.3, 0.4) is 0 Å². The first-order valence-corrected chi connectivity index (χ1v) is 6.93. The summed E-state index contributed by atoms with van der Waals surface area (Å²) in [7, 11) is 0. The summed E-state index contributed by atoms with van der Waals surface area (Å²) in [6.45, 7) is 4.67. The highest BCUT2D eigenvalue weighted by atomic mass is 19.1. The van der Waals surface area contributed by atoms with Gasteiger partial charge in [-0.25, -0.2) is 4.39 Å². The number of rotatable bonds is 3. The third-order valence-electron chi connectivity index (χ3n) is 3.63. The number of piperazine rings is 1. The second kappa shape index (κ2) is 6.22. The van der Waals surface area contributed by atoms with E-state index in [9.17, 15) is 19.1 Å². The molecule has 1 aliphatic heterocycles. The Balaban J connectivity index is 2.15. The number of carbonyl (C=O) groups excluding carboxylic acids is 2. The SMILES string of the molecule is CC(=O)c1c(F)cccc1N1CCN(C(=O)[C@H](C)O)CC1. The van der Waals surface area contributed by atoms with E-state index in [0.29, 0.717) is 31.9 Å². The molecular weight excluding hydrogens is 275 g/mol. The van der Waals surface area contributed by atoms with E-state index >= 15 is 0 Å². The Bertz CT molecular complexity index is 552. The molecule has 2 rings (SSSR count). The van der Waals surface area contributed by atoms with Gasteiger partial charge >= 0.3 is 0 Å². The normalized spacial score (nSPS) is 16.8. The predicted molar refractivity (Wildman–Crippen MR) is 76.9 cm³/mol. The average molecular weight is 294 g/mol. The second-order valence-electron chi connectivity index (χ2n) is 5.18. The van der Waals surface area contributed by atoms with Crippen molar-refractivity contribution in [2.75, 3.05) is 31.1 Å². The molecule has 0 unspecified atom stereocenters. The fourth-order valence-electron chi connectivity index (χ4n) is 2.56. The zero-order valence-corrected chi connectivity index (χ0v) is 12.2. The van der Waals surface area contributed by atoms with E-state index in [1.807, 2.05) is 4.90 Å². The number of carbonyl (C=O) groups is 2. The van der Waals surface area contributed by atoms with Gasteiger partial charge in [-0.3, -0.25) is 9.59 Å². The van der Waals surface area contributed by atoms with Crippen LogP contribution in [0.4, 0.5) is 10.1 Å². The number of nitrogens with zero attached hydrogens (tertiary/aromatic N) is 2. The minimum absolute atomic E-state index is 0.0906. The quantitative estimate of drug-likeness (QED) is 0.847. The average Bonchev–Trinajstić information content (AvgIpc) is 2.46. The van der Waals surface area contributed by atoms with E-state index in [-0.39, 0.29) is 17.3 Å². The molecule has 1 aromatic rings. The van der Waals surface area contributed by atoms with Crippen molar-refractivity contribution in [1.82, 2.24) is 4.90 Å². The minimum Gasteiger partial charge on any atom is -0.384 e. The maximum atomic E-state index is 13.8. The van der Waals surface area contributed by atoms with Gasteiger partial charge in [0, 0.05) is 26.2 Å². The van der Waals surface area contributed by atoms with E-state index in [0.717, 1.165) is 0 Å². The molecule has 1 N–H and O–H groups in total. The van der Waals surface area contributed by atoms with Crippen LogP contribution in [0, 0.1) is 5.82 Å². The topological polar surface area (TPSA) is 60.9 Å². The molecule has 1 atom stereocenters. The molecule has 0 aromatic heterocycles. The first-order chi connectivity index (χ1) is 9.91. The fourth-order valence-corrected chi connectivity index (χ4v) is 2.56. The molecule has 0 radical (unpaired) electrons. The van der Waals surface area contributed by atoms with Crippen molar-refractivity contribution < 1.29 is 19.1 Å². The zero-order chi connectivity index (χ0) is 15.6. The maximum absolute atomic E-state index is 13.8. The molecule has 1 amide bonds. The largest absolute Gasteiger partial charge is 0.384 e. The van der Waals surface area contributed by atoms with Crippen LogP contribution in [-0.4, -0.2) is 54.0 Å². The van der Waals surface area contributed by atoms with Crippen molar-refractivity contribution in [2.45, 2.75) is 20.0 Å². The molecule has 1 heterocycles. The molecule has 114 valence electrons. The van der Waals surface area contributed by atoms with Gasteiger partial charge in [-0.05, 0) is 26.0 Å².